The van der Waals surface area contributed by atoms with Crippen molar-refractivity contribution in [2.45, 2.75) is 112 Å². The molecule has 0 spiro atoms. The average molecular weight is 817 g/mol. The third-order valence-corrected chi connectivity index (χ3v) is 10.5. The second-order valence-electron chi connectivity index (χ2n) is 14.4. The van der Waals surface area contributed by atoms with Crippen molar-refractivity contribution in [3.63, 3.8) is 0 Å². The predicted octanol–water partition coefficient (Wildman–Crippen LogP) is 1.06. The van der Waals surface area contributed by atoms with E-state index in [1.165, 1.54) is 21.3 Å². The summed E-state index contributed by atoms with van der Waals surface area (Å²) >= 11 is 0. The van der Waals surface area contributed by atoms with Crippen LogP contribution in [-0.2, 0) is 71.9 Å². The van der Waals surface area contributed by atoms with Crippen LogP contribution >= 0.6 is 0 Å². The van der Waals surface area contributed by atoms with Crippen LogP contribution in [0.1, 0.15) is 16.7 Å². The van der Waals surface area contributed by atoms with Crippen LogP contribution in [0.2, 0.25) is 0 Å². The first-order chi connectivity index (χ1) is 28.2. The van der Waals surface area contributed by atoms with Crippen molar-refractivity contribution in [3.8, 4) is 0 Å². The molecule has 16 heteroatoms. The van der Waals surface area contributed by atoms with E-state index in [0.29, 0.717) is 0 Å². The fourth-order valence-corrected chi connectivity index (χ4v) is 7.38. The fourth-order valence-electron chi connectivity index (χ4n) is 7.38. The topological polar surface area (TPSA) is 203 Å². The number of hydrogen-bond acceptors (Lipinski definition) is 16. The summed E-state index contributed by atoms with van der Waals surface area (Å²) in [5, 5.41) is 55.9. The van der Waals surface area contributed by atoms with E-state index in [2.05, 4.69) is 0 Å². The first kappa shape index (κ1) is 44.6. The van der Waals surface area contributed by atoms with E-state index in [1.807, 2.05) is 91.0 Å². The molecular weight excluding hydrogens is 760 g/mol. The molecule has 5 N–H and O–H groups in total. The van der Waals surface area contributed by atoms with Gasteiger partial charge in [0, 0.05) is 21.3 Å². The molecule has 3 aromatic carbocycles. The van der Waals surface area contributed by atoms with Gasteiger partial charge in [-0.25, -0.2) is 0 Å². The molecule has 16 nitrogen and oxygen atoms in total. The summed E-state index contributed by atoms with van der Waals surface area (Å²) in [7, 11) is 4.06. The first-order valence-corrected chi connectivity index (χ1v) is 19.3. The smallest absolute Gasteiger partial charge is 0.187 e. The molecule has 0 aromatic heterocycles. The molecule has 3 aromatic rings. The molecule has 3 fully saturated rings. The number of hydrogen-bond donors (Lipinski definition) is 5. The lowest BCUT2D eigenvalue weighted by molar-refractivity contribution is -0.382. The Bertz CT molecular complexity index is 1590. The minimum Gasteiger partial charge on any atom is -0.387 e. The standard InChI is InChI=1S/C42H56O16/c1-48-37-31(43)28(22-51-19-25-13-7-4-8-14-25)55-41(34(37)46)57-35-29(23-52-20-26-15-9-5-10-16-26)56-42(39(50-3)32(35)44)58-36-30(54-40(47)33(45)38(36)49-2)24-53-21-27-17-11-6-12-18-27/h4-18,28-47H,19-24H2,1-3H3/t28-,29-,30-,31-,32+,33+,34+,35-,36-,37+,38-,39+,40+,41-,42-/m1/s1. The summed E-state index contributed by atoms with van der Waals surface area (Å²) in [5.41, 5.74) is 2.71. The van der Waals surface area contributed by atoms with Crippen LogP contribution < -0.4 is 0 Å². The molecule has 0 saturated carbocycles. The molecule has 0 amide bonds. The molecule has 15 atom stereocenters. The van der Waals surface area contributed by atoms with Crippen molar-refractivity contribution < 1.29 is 77.6 Å². The van der Waals surface area contributed by atoms with Gasteiger partial charge in [-0.2, -0.15) is 0 Å². The van der Waals surface area contributed by atoms with Gasteiger partial charge in [-0.05, 0) is 16.7 Å². The molecule has 320 valence electrons. The van der Waals surface area contributed by atoms with Crippen molar-refractivity contribution in [2.24, 2.45) is 0 Å². The van der Waals surface area contributed by atoms with Gasteiger partial charge in [-0.3, -0.25) is 0 Å². The largest absolute Gasteiger partial charge is 0.387 e. The molecule has 58 heavy (non-hydrogen) atoms. The fraction of sp³-hybridized carbons (Fsp3) is 0.571. The number of methoxy groups -OCH3 is 3. The molecule has 0 aliphatic carbocycles. The number of rotatable bonds is 19. The zero-order chi connectivity index (χ0) is 41.0. The van der Waals surface area contributed by atoms with Gasteiger partial charge < -0.3 is 77.6 Å². The lowest BCUT2D eigenvalue weighted by atomic mass is 9.95. The summed E-state index contributed by atoms with van der Waals surface area (Å²) in [6, 6.07) is 28.4. The number of benzene rings is 3. The number of aliphatic hydroxyl groups is 5. The van der Waals surface area contributed by atoms with Crippen molar-refractivity contribution in [1.82, 2.24) is 0 Å². The highest BCUT2D eigenvalue weighted by atomic mass is 16.8. The molecule has 0 radical (unpaired) electrons. The van der Waals surface area contributed by atoms with Crippen LogP contribution in [0.25, 0.3) is 0 Å². The van der Waals surface area contributed by atoms with Crippen molar-refractivity contribution in [3.05, 3.63) is 108 Å². The average Bonchev–Trinajstić information content (AvgIpc) is 3.24. The third kappa shape index (κ3) is 11.2. The molecule has 3 aliphatic rings. The van der Waals surface area contributed by atoms with Crippen molar-refractivity contribution in [1.29, 1.82) is 0 Å². The zero-order valence-corrected chi connectivity index (χ0v) is 32.8. The summed E-state index contributed by atoms with van der Waals surface area (Å²) in [5.74, 6) is 0. The molecular formula is C42H56O16. The van der Waals surface area contributed by atoms with E-state index in [4.69, 9.17) is 52.1 Å². The van der Waals surface area contributed by atoms with E-state index in [1.54, 1.807) is 0 Å². The Morgan fingerprint density at radius 2 is 0.845 bits per heavy atom. The minimum atomic E-state index is -1.60. The van der Waals surface area contributed by atoms with Gasteiger partial charge in [0.2, 0.25) is 0 Å². The van der Waals surface area contributed by atoms with Crippen LogP contribution in [0, 0.1) is 0 Å². The lowest BCUT2D eigenvalue weighted by Gasteiger charge is -2.49. The second-order valence-corrected chi connectivity index (χ2v) is 14.4. The van der Waals surface area contributed by atoms with E-state index >= 15 is 0 Å². The van der Waals surface area contributed by atoms with Crippen molar-refractivity contribution in [2.75, 3.05) is 41.2 Å². The summed E-state index contributed by atoms with van der Waals surface area (Å²) in [4.78, 5) is 0. The van der Waals surface area contributed by atoms with Crippen LogP contribution in [0.3, 0.4) is 0 Å². The van der Waals surface area contributed by atoms with E-state index in [9.17, 15) is 25.5 Å². The Balaban J connectivity index is 1.20. The predicted molar refractivity (Wildman–Crippen MR) is 203 cm³/mol. The van der Waals surface area contributed by atoms with Gasteiger partial charge in [0.25, 0.3) is 0 Å². The first-order valence-electron chi connectivity index (χ1n) is 19.3. The normalized spacial score (nSPS) is 35.5. The van der Waals surface area contributed by atoms with E-state index < -0.39 is 92.1 Å². The molecule has 3 saturated heterocycles. The van der Waals surface area contributed by atoms with Crippen LogP contribution in [0.4, 0.5) is 0 Å². The van der Waals surface area contributed by atoms with Gasteiger partial charge in [0.15, 0.2) is 18.9 Å². The van der Waals surface area contributed by atoms with Crippen LogP contribution in [0.15, 0.2) is 91.0 Å². The quantitative estimate of drug-likeness (QED) is 0.115. The maximum Gasteiger partial charge on any atom is 0.187 e. The molecule has 0 bridgehead atoms. The molecule has 3 aliphatic heterocycles. The Kier molecular flexibility index (Phi) is 16.9. The highest BCUT2D eigenvalue weighted by Crippen LogP contribution is 2.34. The molecule has 0 unspecified atom stereocenters. The second kappa shape index (κ2) is 22.0. The Labute approximate surface area is 338 Å². The summed E-state index contributed by atoms with van der Waals surface area (Å²) in [6.45, 7) is 0.419. The minimum absolute atomic E-state index is 0.0622. The molecule has 6 rings (SSSR count). The Hall–Kier alpha value is -2.98. The summed E-state index contributed by atoms with van der Waals surface area (Å²) in [6.07, 6.45) is -19.0. The highest BCUT2D eigenvalue weighted by Gasteiger charge is 2.54. The van der Waals surface area contributed by atoms with E-state index in [-0.39, 0.29) is 39.6 Å². The monoisotopic (exact) mass is 816 g/mol. The maximum absolute atomic E-state index is 12.0. The van der Waals surface area contributed by atoms with Crippen LogP contribution in [-0.4, -0.2) is 159 Å². The SMILES string of the molecule is CO[C@@H]1[C@H](O)[C@@H](O[C@H]2[C@H](O)[C@H](OC)[C@@H](O[C@H]3[C@H](OC)[C@H](O)[C@@H](O)O[C@@H]3COCc3ccccc3)O[C@@H]2COCc2ccccc2)O[C@H](COCc2ccccc2)[C@H]1O. The number of ether oxygens (including phenoxy) is 11. The van der Waals surface area contributed by atoms with Gasteiger partial charge in [0.1, 0.15) is 73.2 Å². The maximum atomic E-state index is 12.0. The van der Waals surface area contributed by atoms with Crippen molar-refractivity contribution >= 4 is 0 Å². The third-order valence-electron chi connectivity index (χ3n) is 10.5. The van der Waals surface area contributed by atoms with Gasteiger partial charge in [0.05, 0.1) is 39.6 Å². The van der Waals surface area contributed by atoms with E-state index in [0.717, 1.165) is 16.7 Å². The summed E-state index contributed by atoms with van der Waals surface area (Å²) < 4.78 is 66.0. The van der Waals surface area contributed by atoms with Gasteiger partial charge in [-0.1, -0.05) is 91.0 Å². The Morgan fingerprint density at radius 1 is 0.414 bits per heavy atom. The highest BCUT2D eigenvalue weighted by molar-refractivity contribution is 5.15. The number of aliphatic hydroxyl groups excluding tert-OH is 5. The van der Waals surface area contributed by atoms with Gasteiger partial charge >= 0.3 is 0 Å². The van der Waals surface area contributed by atoms with Crippen LogP contribution in [0.5, 0.6) is 0 Å². The zero-order valence-electron chi connectivity index (χ0n) is 32.8. The molecule has 3 heterocycles. The Morgan fingerprint density at radius 3 is 1.33 bits per heavy atom. The van der Waals surface area contributed by atoms with Gasteiger partial charge in [-0.15, -0.1) is 0 Å². The lowest BCUT2D eigenvalue weighted by Crippen LogP contribution is -2.67.